The molecule has 10 heteroatoms. The Hall–Kier alpha value is -2.79. The first-order valence-corrected chi connectivity index (χ1v) is 12.0. The van der Waals surface area contributed by atoms with Crippen LogP contribution >= 0.6 is 0 Å². The van der Waals surface area contributed by atoms with Crippen LogP contribution in [-0.4, -0.2) is 45.4 Å². The molecule has 2 saturated carbocycles. The number of nitrogens with two attached hydrogens (primary N) is 2. The second-order valence-electron chi connectivity index (χ2n) is 8.18. The topological polar surface area (TPSA) is 159 Å². The second-order valence-corrected chi connectivity index (χ2v) is 9.65. The highest BCUT2D eigenvalue weighted by Gasteiger charge is 2.40. The Morgan fingerprint density at radius 2 is 1.00 bits per heavy atom. The summed E-state index contributed by atoms with van der Waals surface area (Å²) >= 11 is 0. The van der Waals surface area contributed by atoms with Crippen molar-refractivity contribution in [2.45, 2.75) is 44.2 Å². The van der Waals surface area contributed by atoms with Crippen LogP contribution < -0.4 is 11.5 Å². The number of ether oxygens (including phenoxy) is 2. The van der Waals surface area contributed by atoms with E-state index in [1.54, 1.807) is 24.3 Å². The zero-order valence-corrected chi connectivity index (χ0v) is 19.7. The van der Waals surface area contributed by atoms with E-state index in [0.717, 1.165) is 36.8 Å². The van der Waals surface area contributed by atoms with E-state index in [1.807, 2.05) is 24.3 Å². The van der Waals surface area contributed by atoms with E-state index in [-0.39, 0.29) is 30.4 Å². The van der Waals surface area contributed by atoms with E-state index >= 15 is 0 Å². The molecule has 188 valence electrons. The maximum Gasteiger partial charge on any atom is 0.337 e. The highest BCUT2D eigenvalue weighted by atomic mass is 32.2. The van der Waals surface area contributed by atoms with Crippen molar-refractivity contribution in [2.75, 3.05) is 20.5 Å². The summed E-state index contributed by atoms with van der Waals surface area (Å²) in [5.41, 5.74) is 15.1. The molecule has 9 nitrogen and oxygen atoms in total. The van der Waals surface area contributed by atoms with Crippen LogP contribution in [0.1, 0.15) is 65.0 Å². The van der Waals surface area contributed by atoms with E-state index in [0.29, 0.717) is 17.4 Å². The van der Waals surface area contributed by atoms with Crippen molar-refractivity contribution >= 4 is 22.1 Å². The van der Waals surface area contributed by atoms with Crippen LogP contribution in [-0.2, 0) is 30.7 Å². The molecule has 2 aromatic rings. The van der Waals surface area contributed by atoms with Gasteiger partial charge >= 0.3 is 11.9 Å². The monoisotopic (exact) mass is 494 g/mol. The number of esters is 2. The lowest BCUT2D eigenvalue weighted by molar-refractivity contribution is 0.0592. The summed E-state index contributed by atoms with van der Waals surface area (Å²) in [6.07, 6.45) is 4.84. The van der Waals surface area contributed by atoms with Crippen LogP contribution in [0.15, 0.2) is 48.5 Å². The minimum absolute atomic E-state index is 0. The Balaban J connectivity index is 0.000000278. The number of hydrogen-bond acceptors (Lipinski definition) is 8. The van der Waals surface area contributed by atoms with Gasteiger partial charge in [-0.15, -0.1) is 0 Å². The number of hydrogen-bond donors (Lipinski definition) is 3. The molecule has 2 aliphatic rings. The first-order valence-electron chi connectivity index (χ1n) is 10.2. The summed E-state index contributed by atoms with van der Waals surface area (Å²) in [5.74, 6) is -0.614. The third-order valence-electron chi connectivity index (χ3n) is 5.34. The Morgan fingerprint density at radius 1 is 0.765 bits per heavy atom. The molecule has 34 heavy (non-hydrogen) atoms. The molecule has 0 bridgehead atoms. The van der Waals surface area contributed by atoms with Gasteiger partial charge in [0.2, 0.25) is 0 Å². The molecule has 0 saturated heterocycles. The zero-order valence-electron chi connectivity index (χ0n) is 18.9. The van der Waals surface area contributed by atoms with Crippen LogP contribution in [0.25, 0.3) is 0 Å². The maximum atomic E-state index is 11.1. The van der Waals surface area contributed by atoms with Crippen LogP contribution in [0.5, 0.6) is 0 Å². The standard InChI is InChI=1S/2C11H13NO2.CH4O3S.CH4/c2*1-14-10(13)8-2-4-9(5-3-8)11(12)6-7-11;1-5(2,3)4;/h2*2-5H,6-7,12H2,1H3;1H3,(H,2,3,4);1H4. The largest absolute Gasteiger partial charge is 0.465 e. The van der Waals surface area contributed by atoms with Crippen LogP contribution in [0, 0.1) is 0 Å². The maximum absolute atomic E-state index is 11.1. The van der Waals surface area contributed by atoms with Gasteiger partial charge in [0.1, 0.15) is 0 Å². The summed E-state index contributed by atoms with van der Waals surface area (Å²) in [7, 11) is -0.914. The molecule has 4 rings (SSSR count). The third-order valence-corrected chi connectivity index (χ3v) is 5.34. The smallest absolute Gasteiger partial charge is 0.337 e. The van der Waals surface area contributed by atoms with Crippen molar-refractivity contribution < 1.29 is 32.0 Å². The van der Waals surface area contributed by atoms with E-state index < -0.39 is 10.1 Å². The second kappa shape index (κ2) is 11.6. The van der Waals surface area contributed by atoms with E-state index in [9.17, 15) is 18.0 Å². The average Bonchev–Trinajstić information content (AvgIpc) is 3.71. The lowest BCUT2D eigenvalue weighted by Gasteiger charge is -2.08. The molecule has 0 amide bonds. The SMILES string of the molecule is C.COC(=O)c1ccc(C2(N)CC2)cc1.COC(=O)c1ccc(C2(N)CC2)cc1.CS(=O)(=O)O. The minimum atomic E-state index is -3.67. The van der Waals surface area contributed by atoms with Gasteiger partial charge in [-0.2, -0.15) is 8.42 Å². The highest BCUT2D eigenvalue weighted by Crippen LogP contribution is 2.43. The lowest BCUT2D eigenvalue weighted by Crippen LogP contribution is -2.18. The van der Waals surface area contributed by atoms with Crippen LogP contribution in [0.2, 0.25) is 0 Å². The molecular weight excluding hydrogens is 460 g/mol. The van der Waals surface area contributed by atoms with Gasteiger partial charge in [-0.05, 0) is 61.1 Å². The van der Waals surface area contributed by atoms with Crippen LogP contribution in [0.4, 0.5) is 0 Å². The van der Waals surface area contributed by atoms with E-state index in [4.69, 9.17) is 16.0 Å². The molecule has 0 spiro atoms. The third kappa shape index (κ3) is 8.86. The van der Waals surface area contributed by atoms with Crippen molar-refractivity contribution in [3.63, 3.8) is 0 Å². The summed E-state index contributed by atoms with van der Waals surface area (Å²) in [5, 5.41) is 0. The summed E-state index contributed by atoms with van der Waals surface area (Å²) in [4.78, 5) is 22.3. The van der Waals surface area contributed by atoms with Crippen molar-refractivity contribution in [1.29, 1.82) is 0 Å². The zero-order chi connectivity index (χ0) is 24.9. The summed E-state index contributed by atoms with van der Waals surface area (Å²) in [6.45, 7) is 0. The molecule has 2 aromatic carbocycles. The van der Waals surface area contributed by atoms with E-state index in [2.05, 4.69) is 9.47 Å². The van der Waals surface area contributed by atoms with Gasteiger partial charge in [0, 0.05) is 11.1 Å². The summed E-state index contributed by atoms with van der Waals surface area (Å²) in [6, 6.07) is 14.6. The van der Waals surface area contributed by atoms with Gasteiger partial charge in [0.05, 0.1) is 31.6 Å². The Labute approximate surface area is 201 Å². The van der Waals surface area contributed by atoms with Gasteiger partial charge in [0.15, 0.2) is 0 Å². The van der Waals surface area contributed by atoms with Crippen LogP contribution in [0.3, 0.4) is 0 Å². The van der Waals surface area contributed by atoms with E-state index in [1.165, 1.54) is 14.2 Å². The normalized spacial score (nSPS) is 16.2. The fraction of sp³-hybridized carbons (Fsp3) is 0.417. The number of carbonyl (C=O) groups excluding carboxylic acids is 2. The fourth-order valence-electron chi connectivity index (χ4n) is 2.96. The number of rotatable bonds is 4. The van der Waals surface area contributed by atoms with Crippen molar-refractivity contribution in [2.24, 2.45) is 11.5 Å². The highest BCUT2D eigenvalue weighted by molar-refractivity contribution is 7.85. The molecule has 5 N–H and O–H groups in total. The Kier molecular flexibility index (Phi) is 9.95. The van der Waals surface area contributed by atoms with Gasteiger partial charge in [-0.3, -0.25) is 4.55 Å². The molecular formula is C24H34N2O7S. The first kappa shape index (κ1) is 29.2. The Bertz CT molecular complexity index is 992. The number of benzene rings is 2. The molecule has 0 heterocycles. The number of methoxy groups -OCH3 is 2. The van der Waals surface area contributed by atoms with Gasteiger partial charge in [0.25, 0.3) is 10.1 Å². The molecule has 0 atom stereocenters. The molecule has 0 aromatic heterocycles. The molecule has 0 radical (unpaired) electrons. The predicted octanol–water partition coefficient (Wildman–Crippen LogP) is 2.98. The van der Waals surface area contributed by atoms with Crippen molar-refractivity contribution in [3.8, 4) is 0 Å². The average molecular weight is 495 g/mol. The Morgan fingerprint density at radius 3 is 1.18 bits per heavy atom. The minimum Gasteiger partial charge on any atom is -0.465 e. The van der Waals surface area contributed by atoms with Crippen molar-refractivity contribution in [3.05, 3.63) is 70.8 Å². The molecule has 0 unspecified atom stereocenters. The molecule has 0 aliphatic heterocycles. The summed E-state index contributed by atoms with van der Waals surface area (Å²) < 4.78 is 35.1. The first-order chi connectivity index (χ1) is 15.3. The quantitative estimate of drug-likeness (QED) is 0.429. The van der Waals surface area contributed by atoms with Crippen molar-refractivity contribution in [1.82, 2.24) is 0 Å². The predicted molar refractivity (Wildman–Crippen MR) is 130 cm³/mol. The van der Waals surface area contributed by atoms with Gasteiger partial charge in [-0.1, -0.05) is 31.7 Å². The van der Waals surface area contributed by atoms with Gasteiger partial charge < -0.3 is 20.9 Å². The molecule has 2 aliphatic carbocycles. The number of carbonyl (C=O) groups is 2. The fourth-order valence-corrected chi connectivity index (χ4v) is 2.96. The lowest BCUT2D eigenvalue weighted by atomic mass is 10.0. The van der Waals surface area contributed by atoms with Gasteiger partial charge in [-0.25, -0.2) is 9.59 Å². The molecule has 2 fully saturated rings.